The number of primary amides is 1. The van der Waals surface area contributed by atoms with Gasteiger partial charge in [0.15, 0.2) is 0 Å². The molecular weight excluding hydrogens is 218 g/mol. The van der Waals surface area contributed by atoms with Crippen LogP contribution >= 0.6 is 0 Å². The Bertz CT molecular complexity index is 281. The average molecular weight is 241 g/mol. The fraction of sp³-hybridized carbons (Fsp3) is 0.833. The van der Waals surface area contributed by atoms with E-state index in [2.05, 4.69) is 10.6 Å². The van der Waals surface area contributed by atoms with Crippen LogP contribution in [0.25, 0.3) is 0 Å². The molecule has 0 radical (unpaired) electrons. The van der Waals surface area contributed by atoms with Gasteiger partial charge in [-0.25, -0.2) is 0 Å². The van der Waals surface area contributed by atoms with Gasteiger partial charge in [0, 0.05) is 12.5 Å². The van der Waals surface area contributed by atoms with Crippen molar-refractivity contribution in [3.05, 3.63) is 0 Å². The fourth-order valence-corrected chi connectivity index (χ4v) is 2.31. The summed E-state index contributed by atoms with van der Waals surface area (Å²) < 4.78 is 0. The van der Waals surface area contributed by atoms with E-state index in [1.807, 2.05) is 13.8 Å². The largest absolute Gasteiger partial charge is 0.368 e. The molecule has 1 saturated heterocycles. The van der Waals surface area contributed by atoms with Crippen molar-refractivity contribution >= 4 is 11.8 Å². The van der Waals surface area contributed by atoms with E-state index in [0.717, 1.165) is 19.4 Å². The molecule has 0 aromatic heterocycles. The zero-order valence-electron chi connectivity index (χ0n) is 10.7. The second kappa shape index (κ2) is 6.00. The topological polar surface area (TPSA) is 84.2 Å². The number of hydrogen-bond acceptors (Lipinski definition) is 3. The van der Waals surface area contributed by atoms with E-state index in [4.69, 9.17) is 5.73 Å². The Hall–Kier alpha value is -1.10. The summed E-state index contributed by atoms with van der Waals surface area (Å²) in [5, 5.41) is 6.06. The van der Waals surface area contributed by atoms with Crippen molar-refractivity contribution in [3.8, 4) is 0 Å². The maximum atomic E-state index is 11.9. The van der Waals surface area contributed by atoms with E-state index < -0.39 is 11.4 Å². The molecule has 0 aliphatic carbocycles. The third kappa shape index (κ3) is 3.43. The Morgan fingerprint density at radius 2 is 2.06 bits per heavy atom. The van der Waals surface area contributed by atoms with Crippen LogP contribution in [0.15, 0.2) is 0 Å². The van der Waals surface area contributed by atoms with E-state index in [-0.39, 0.29) is 11.9 Å². The van der Waals surface area contributed by atoms with Gasteiger partial charge in [-0.3, -0.25) is 9.59 Å². The SMILES string of the molecule is CCC(CC)(NC(=O)CC1CCCN1)C(N)=O. The maximum Gasteiger partial charge on any atom is 0.243 e. The smallest absolute Gasteiger partial charge is 0.243 e. The molecule has 1 fully saturated rings. The van der Waals surface area contributed by atoms with Crippen LogP contribution in [0.3, 0.4) is 0 Å². The Balaban J connectivity index is 2.54. The Morgan fingerprint density at radius 1 is 1.41 bits per heavy atom. The predicted octanol–water partition coefficient (Wildman–Crippen LogP) is 0.289. The normalized spacial score (nSPS) is 20.2. The number of nitrogens with one attached hydrogen (secondary N) is 2. The van der Waals surface area contributed by atoms with Crippen LogP contribution in [0.5, 0.6) is 0 Å². The lowest BCUT2D eigenvalue weighted by Crippen LogP contribution is -2.57. The van der Waals surface area contributed by atoms with Gasteiger partial charge in [-0.15, -0.1) is 0 Å². The molecule has 0 spiro atoms. The van der Waals surface area contributed by atoms with Gasteiger partial charge >= 0.3 is 0 Å². The first kappa shape index (κ1) is 14.0. The van der Waals surface area contributed by atoms with Crippen molar-refractivity contribution in [2.45, 2.75) is 57.5 Å². The standard InChI is InChI=1S/C12H23N3O2/c1-3-12(4-2,11(13)17)15-10(16)8-9-6-5-7-14-9/h9,14H,3-8H2,1-2H3,(H2,13,17)(H,15,16). The van der Waals surface area contributed by atoms with Crippen molar-refractivity contribution in [2.24, 2.45) is 5.73 Å². The van der Waals surface area contributed by atoms with Crippen molar-refractivity contribution in [2.75, 3.05) is 6.54 Å². The molecule has 1 aliphatic rings. The Labute approximate surface area is 103 Å². The molecule has 4 N–H and O–H groups in total. The summed E-state index contributed by atoms with van der Waals surface area (Å²) in [5.74, 6) is -0.540. The van der Waals surface area contributed by atoms with Crippen molar-refractivity contribution in [3.63, 3.8) is 0 Å². The second-order valence-electron chi connectivity index (χ2n) is 4.70. The molecule has 0 aromatic carbocycles. The lowest BCUT2D eigenvalue weighted by molar-refractivity contribution is -0.132. The Kier molecular flexibility index (Phi) is 4.93. The highest BCUT2D eigenvalue weighted by Crippen LogP contribution is 2.16. The zero-order valence-corrected chi connectivity index (χ0v) is 10.7. The summed E-state index contributed by atoms with van der Waals surface area (Å²) >= 11 is 0. The first-order valence-corrected chi connectivity index (χ1v) is 6.38. The average Bonchev–Trinajstić information content (AvgIpc) is 2.78. The summed E-state index contributed by atoms with van der Waals surface area (Å²) in [6.07, 6.45) is 3.62. The van der Waals surface area contributed by atoms with Crippen molar-refractivity contribution in [1.82, 2.24) is 10.6 Å². The fourth-order valence-electron chi connectivity index (χ4n) is 2.31. The highest BCUT2D eigenvalue weighted by molar-refractivity contribution is 5.90. The van der Waals surface area contributed by atoms with Gasteiger partial charge in [0.05, 0.1) is 0 Å². The number of hydrogen-bond donors (Lipinski definition) is 3. The highest BCUT2D eigenvalue weighted by Gasteiger charge is 2.34. The molecule has 17 heavy (non-hydrogen) atoms. The van der Waals surface area contributed by atoms with Crippen molar-refractivity contribution in [1.29, 1.82) is 0 Å². The summed E-state index contributed by atoms with van der Waals surface area (Å²) in [5.41, 5.74) is 4.50. The summed E-state index contributed by atoms with van der Waals surface area (Å²) in [6, 6.07) is 0.245. The molecule has 0 aromatic rings. The third-order valence-electron chi connectivity index (χ3n) is 3.65. The number of carbonyl (C=O) groups is 2. The quantitative estimate of drug-likeness (QED) is 0.625. The van der Waals surface area contributed by atoms with Gasteiger partial charge < -0.3 is 16.4 Å². The summed E-state index contributed by atoms with van der Waals surface area (Å²) in [7, 11) is 0. The summed E-state index contributed by atoms with van der Waals surface area (Å²) in [4.78, 5) is 23.3. The van der Waals surface area contributed by atoms with E-state index >= 15 is 0 Å². The predicted molar refractivity (Wildman–Crippen MR) is 66.3 cm³/mol. The summed E-state index contributed by atoms with van der Waals surface area (Å²) in [6.45, 7) is 4.70. The van der Waals surface area contributed by atoms with Crippen LogP contribution in [-0.4, -0.2) is 29.9 Å². The molecule has 1 heterocycles. The molecule has 1 aliphatic heterocycles. The van der Waals surface area contributed by atoms with Crippen molar-refractivity contribution < 1.29 is 9.59 Å². The van der Waals surface area contributed by atoms with Crippen LogP contribution in [-0.2, 0) is 9.59 Å². The number of nitrogens with two attached hydrogens (primary N) is 1. The van der Waals surface area contributed by atoms with Gasteiger partial charge in [0.25, 0.3) is 0 Å². The molecule has 1 rings (SSSR count). The minimum absolute atomic E-state index is 0.0908. The van der Waals surface area contributed by atoms with Crippen LogP contribution in [0.1, 0.15) is 46.0 Å². The molecule has 1 atom stereocenters. The lowest BCUT2D eigenvalue weighted by atomic mass is 9.91. The van der Waals surface area contributed by atoms with Gasteiger partial charge in [-0.2, -0.15) is 0 Å². The van der Waals surface area contributed by atoms with Gasteiger partial charge in [-0.1, -0.05) is 13.8 Å². The third-order valence-corrected chi connectivity index (χ3v) is 3.65. The minimum atomic E-state index is -0.879. The van der Waals surface area contributed by atoms with Crippen LogP contribution < -0.4 is 16.4 Å². The zero-order chi connectivity index (χ0) is 12.9. The number of amides is 2. The highest BCUT2D eigenvalue weighted by atomic mass is 16.2. The first-order chi connectivity index (χ1) is 8.04. The van der Waals surface area contributed by atoms with Crippen LogP contribution in [0, 0.1) is 0 Å². The molecular formula is C12H23N3O2. The second-order valence-corrected chi connectivity index (χ2v) is 4.70. The molecule has 0 saturated carbocycles. The number of carbonyl (C=O) groups excluding carboxylic acids is 2. The first-order valence-electron chi connectivity index (χ1n) is 6.38. The van der Waals surface area contributed by atoms with Crippen LogP contribution in [0.4, 0.5) is 0 Å². The Morgan fingerprint density at radius 3 is 2.47 bits per heavy atom. The molecule has 5 heteroatoms. The van der Waals surface area contributed by atoms with Gasteiger partial charge in [-0.05, 0) is 32.2 Å². The van der Waals surface area contributed by atoms with Gasteiger partial charge in [0.2, 0.25) is 11.8 Å². The minimum Gasteiger partial charge on any atom is -0.368 e. The number of rotatable bonds is 6. The van der Waals surface area contributed by atoms with E-state index in [1.54, 1.807) is 0 Å². The molecule has 98 valence electrons. The molecule has 2 amide bonds. The maximum absolute atomic E-state index is 11.9. The monoisotopic (exact) mass is 241 g/mol. The van der Waals surface area contributed by atoms with Gasteiger partial charge in [0.1, 0.15) is 5.54 Å². The van der Waals surface area contributed by atoms with E-state index in [1.165, 1.54) is 0 Å². The van der Waals surface area contributed by atoms with E-state index in [9.17, 15) is 9.59 Å². The molecule has 0 bridgehead atoms. The lowest BCUT2D eigenvalue weighted by Gasteiger charge is -2.29. The molecule has 5 nitrogen and oxygen atoms in total. The van der Waals surface area contributed by atoms with Crippen LogP contribution in [0.2, 0.25) is 0 Å². The molecule has 1 unspecified atom stereocenters. The van der Waals surface area contributed by atoms with E-state index in [0.29, 0.717) is 19.3 Å².